The van der Waals surface area contributed by atoms with Crippen molar-refractivity contribution in [3.05, 3.63) is 52.0 Å². The van der Waals surface area contributed by atoms with Crippen molar-refractivity contribution in [3.8, 4) is 5.75 Å². The molecule has 3 rings (SSSR count). The molecule has 0 fully saturated rings. The smallest absolute Gasteiger partial charge is 0.264 e. The van der Waals surface area contributed by atoms with Crippen molar-refractivity contribution in [2.24, 2.45) is 0 Å². The fraction of sp³-hybridized carbons (Fsp3) is 0.176. The van der Waals surface area contributed by atoms with E-state index in [1.807, 2.05) is 6.07 Å². The Morgan fingerprint density at radius 1 is 1.08 bits per heavy atom. The van der Waals surface area contributed by atoms with Gasteiger partial charge in [0.25, 0.3) is 5.91 Å². The Morgan fingerprint density at radius 2 is 1.71 bits per heavy atom. The normalized spacial score (nSPS) is 13.8. The molecule has 24 heavy (non-hydrogen) atoms. The first-order chi connectivity index (χ1) is 11.5. The summed E-state index contributed by atoms with van der Waals surface area (Å²) in [6.45, 7) is -0.0850. The first kappa shape index (κ1) is 16.6. The number of carbonyl (C=O) groups excluding carboxylic acids is 2. The molecule has 2 amide bonds. The second-order valence-electron chi connectivity index (χ2n) is 5.27. The van der Waals surface area contributed by atoms with Crippen LogP contribution in [0, 0.1) is 0 Å². The number of fused-ring (bicyclic) bond motifs is 1. The summed E-state index contributed by atoms with van der Waals surface area (Å²) in [7, 11) is 3.09. The Labute approximate surface area is 149 Å². The Kier molecular flexibility index (Phi) is 4.39. The van der Waals surface area contributed by atoms with Crippen LogP contribution in [0.25, 0.3) is 0 Å². The van der Waals surface area contributed by atoms with E-state index in [2.05, 4.69) is 0 Å². The Balaban J connectivity index is 2.14. The van der Waals surface area contributed by atoms with Crippen LogP contribution in [0.2, 0.25) is 10.0 Å². The summed E-state index contributed by atoms with van der Waals surface area (Å²) in [4.78, 5) is 28.3. The molecule has 0 unspecified atom stereocenters. The summed E-state index contributed by atoms with van der Waals surface area (Å²) >= 11 is 12.3. The van der Waals surface area contributed by atoms with Crippen molar-refractivity contribution < 1.29 is 14.3 Å². The number of para-hydroxylation sites is 2. The fourth-order valence-electron chi connectivity index (χ4n) is 2.69. The molecule has 0 aliphatic carbocycles. The van der Waals surface area contributed by atoms with Gasteiger partial charge < -0.3 is 9.64 Å². The maximum Gasteiger partial charge on any atom is 0.264 e. The van der Waals surface area contributed by atoms with E-state index in [0.717, 1.165) is 0 Å². The summed E-state index contributed by atoms with van der Waals surface area (Å²) < 4.78 is 5.25. The molecule has 124 valence electrons. The van der Waals surface area contributed by atoms with Crippen molar-refractivity contribution in [1.82, 2.24) is 0 Å². The zero-order valence-corrected chi connectivity index (χ0v) is 14.6. The minimum atomic E-state index is -0.437. The van der Waals surface area contributed by atoms with Crippen LogP contribution < -0.4 is 14.5 Å². The number of rotatable bonds is 2. The van der Waals surface area contributed by atoms with E-state index in [9.17, 15) is 9.59 Å². The lowest BCUT2D eigenvalue weighted by Gasteiger charge is -2.34. The van der Waals surface area contributed by atoms with E-state index < -0.39 is 5.91 Å². The first-order valence-corrected chi connectivity index (χ1v) is 7.90. The van der Waals surface area contributed by atoms with Gasteiger partial charge in [-0.1, -0.05) is 35.3 Å². The molecular weight excluding hydrogens is 351 g/mol. The summed E-state index contributed by atoms with van der Waals surface area (Å²) in [6.07, 6.45) is 0. The summed E-state index contributed by atoms with van der Waals surface area (Å²) in [5.74, 6) is -0.439. The minimum absolute atomic E-state index is 0.0850. The van der Waals surface area contributed by atoms with E-state index in [0.29, 0.717) is 11.4 Å². The number of benzene rings is 2. The number of carbonyl (C=O) groups is 2. The summed E-state index contributed by atoms with van der Waals surface area (Å²) in [5.41, 5.74) is 1.42. The SMILES string of the molecule is COc1c(Cl)ccc(Cl)c1C(=O)N1CC(=O)N(C)c2ccccc21. The highest BCUT2D eigenvalue weighted by Crippen LogP contribution is 2.38. The Bertz CT molecular complexity index is 839. The first-order valence-electron chi connectivity index (χ1n) is 7.15. The Morgan fingerprint density at radius 3 is 2.38 bits per heavy atom. The lowest BCUT2D eigenvalue weighted by atomic mass is 10.1. The van der Waals surface area contributed by atoms with Crippen molar-refractivity contribution in [2.45, 2.75) is 0 Å². The van der Waals surface area contributed by atoms with Gasteiger partial charge in [0, 0.05) is 7.05 Å². The molecule has 0 atom stereocenters. The number of hydrogen-bond acceptors (Lipinski definition) is 3. The number of halogens is 2. The lowest BCUT2D eigenvalue weighted by Crippen LogP contribution is -2.46. The van der Waals surface area contributed by atoms with Gasteiger partial charge in [0.1, 0.15) is 12.1 Å². The highest BCUT2D eigenvalue weighted by Gasteiger charge is 2.33. The van der Waals surface area contributed by atoms with Crippen LogP contribution in [-0.2, 0) is 4.79 Å². The number of methoxy groups -OCH3 is 1. The van der Waals surface area contributed by atoms with Gasteiger partial charge in [-0.25, -0.2) is 0 Å². The summed E-state index contributed by atoms with van der Waals surface area (Å²) in [5, 5.41) is 0.490. The molecule has 2 aromatic rings. The van der Waals surface area contributed by atoms with Crippen LogP contribution in [-0.4, -0.2) is 32.5 Å². The molecule has 5 nitrogen and oxygen atoms in total. The molecule has 1 aliphatic heterocycles. The van der Waals surface area contributed by atoms with Crippen molar-refractivity contribution in [2.75, 3.05) is 30.5 Å². The average molecular weight is 365 g/mol. The van der Waals surface area contributed by atoms with Gasteiger partial charge in [0.05, 0.1) is 28.5 Å². The van der Waals surface area contributed by atoms with Crippen LogP contribution >= 0.6 is 23.2 Å². The molecule has 0 N–H and O–H groups in total. The maximum atomic E-state index is 13.1. The van der Waals surface area contributed by atoms with Gasteiger partial charge in [0.2, 0.25) is 5.91 Å². The molecule has 1 heterocycles. The van der Waals surface area contributed by atoms with E-state index in [-0.39, 0.29) is 33.8 Å². The summed E-state index contributed by atoms with van der Waals surface area (Å²) in [6, 6.07) is 10.3. The van der Waals surface area contributed by atoms with E-state index in [4.69, 9.17) is 27.9 Å². The van der Waals surface area contributed by atoms with Crippen molar-refractivity contribution in [3.63, 3.8) is 0 Å². The number of anilines is 2. The van der Waals surface area contributed by atoms with Gasteiger partial charge in [-0.05, 0) is 24.3 Å². The van der Waals surface area contributed by atoms with E-state index >= 15 is 0 Å². The van der Waals surface area contributed by atoms with Crippen LogP contribution in [0.4, 0.5) is 11.4 Å². The molecule has 1 aliphatic rings. The molecule has 7 heteroatoms. The average Bonchev–Trinajstić information content (AvgIpc) is 2.59. The molecule has 0 spiro atoms. The highest BCUT2D eigenvalue weighted by atomic mass is 35.5. The third kappa shape index (κ3) is 2.60. The largest absolute Gasteiger partial charge is 0.494 e. The molecule has 0 radical (unpaired) electrons. The van der Waals surface area contributed by atoms with Crippen LogP contribution in [0.5, 0.6) is 5.75 Å². The molecule has 0 bridgehead atoms. The van der Waals surface area contributed by atoms with Gasteiger partial charge in [-0.3, -0.25) is 14.5 Å². The number of ether oxygens (including phenoxy) is 1. The van der Waals surface area contributed by atoms with Gasteiger partial charge in [0.15, 0.2) is 5.75 Å². The number of likely N-dealkylation sites (N-methyl/N-ethyl adjacent to an activating group) is 1. The van der Waals surface area contributed by atoms with E-state index in [1.54, 1.807) is 31.3 Å². The van der Waals surface area contributed by atoms with Crippen LogP contribution in [0.15, 0.2) is 36.4 Å². The molecule has 0 aromatic heterocycles. The third-order valence-corrected chi connectivity index (χ3v) is 4.54. The van der Waals surface area contributed by atoms with Gasteiger partial charge >= 0.3 is 0 Å². The fourth-order valence-corrected chi connectivity index (χ4v) is 3.15. The Hall–Kier alpha value is -2.24. The zero-order valence-electron chi connectivity index (χ0n) is 13.0. The predicted molar refractivity (Wildman–Crippen MR) is 94.5 cm³/mol. The molecular formula is C17H14Cl2N2O3. The van der Waals surface area contributed by atoms with Crippen molar-refractivity contribution >= 4 is 46.4 Å². The predicted octanol–water partition coefficient (Wildman–Crippen LogP) is 3.63. The monoisotopic (exact) mass is 364 g/mol. The number of amides is 2. The highest BCUT2D eigenvalue weighted by molar-refractivity contribution is 6.38. The molecule has 0 saturated carbocycles. The second kappa shape index (κ2) is 6.34. The number of nitrogens with zero attached hydrogens (tertiary/aromatic N) is 2. The number of hydrogen-bond donors (Lipinski definition) is 0. The topological polar surface area (TPSA) is 49.9 Å². The van der Waals surface area contributed by atoms with Crippen LogP contribution in [0.3, 0.4) is 0 Å². The van der Waals surface area contributed by atoms with Crippen LogP contribution in [0.1, 0.15) is 10.4 Å². The maximum absolute atomic E-state index is 13.1. The standard InChI is InChI=1S/C17H14Cl2N2O3/c1-20-12-5-3-4-6-13(12)21(9-14(20)22)17(23)15-10(18)7-8-11(19)16(15)24-2/h3-8H,9H2,1-2H3. The lowest BCUT2D eigenvalue weighted by molar-refractivity contribution is -0.117. The third-order valence-electron chi connectivity index (χ3n) is 3.92. The van der Waals surface area contributed by atoms with Gasteiger partial charge in [-0.15, -0.1) is 0 Å². The van der Waals surface area contributed by atoms with Gasteiger partial charge in [-0.2, -0.15) is 0 Å². The van der Waals surface area contributed by atoms with E-state index in [1.165, 1.54) is 23.0 Å². The second-order valence-corrected chi connectivity index (χ2v) is 6.08. The quantitative estimate of drug-likeness (QED) is 0.817. The zero-order chi connectivity index (χ0) is 17.4. The minimum Gasteiger partial charge on any atom is -0.494 e. The molecule has 2 aromatic carbocycles. The molecule has 0 saturated heterocycles. The van der Waals surface area contributed by atoms with Crippen molar-refractivity contribution in [1.29, 1.82) is 0 Å².